The van der Waals surface area contributed by atoms with Crippen LogP contribution in [0.2, 0.25) is 10.0 Å². The SMILES string of the molecule is NCC1CC2=C(Cc3ccc(Cl)cc32)CN1C(=O)c1cccc(Cl)c1. The van der Waals surface area contributed by atoms with Crippen LogP contribution in [-0.2, 0) is 6.42 Å². The van der Waals surface area contributed by atoms with Gasteiger partial charge in [0.15, 0.2) is 0 Å². The third-order valence-corrected chi connectivity index (χ3v) is 5.54. The Hall–Kier alpha value is -1.81. The van der Waals surface area contributed by atoms with Crippen LogP contribution >= 0.6 is 23.2 Å². The van der Waals surface area contributed by atoms with E-state index in [2.05, 4.69) is 6.07 Å². The molecule has 0 radical (unpaired) electrons. The van der Waals surface area contributed by atoms with Crippen molar-refractivity contribution in [1.29, 1.82) is 0 Å². The summed E-state index contributed by atoms with van der Waals surface area (Å²) in [5.41, 5.74) is 11.7. The van der Waals surface area contributed by atoms with Gasteiger partial charge in [-0.25, -0.2) is 0 Å². The van der Waals surface area contributed by atoms with Crippen LogP contribution in [0, 0.1) is 0 Å². The summed E-state index contributed by atoms with van der Waals surface area (Å²) in [4.78, 5) is 14.9. The lowest BCUT2D eigenvalue weighted by atomic mass is 9.92. The largest absolute Gasteiger partial charge is 0.330 e. The molecule has 2 aromatic carbocycles. The summed E-state index contributed by atoms with van der Waals surface area (Å²) in [7, 11) is 0. The van der Waals surface area contributed by atoms with E-state index in [1.807, 2.05) is 17.0 Å². The van der Waals surface area contributed by atoms with Crippen LogP contribution in [0.1, 0.15) is 27.9 Å². The van der Waals surface area contributed by atoms with E-state index >= 15 is 0 Å². The first kappa shape index (κ1) is 16.6. The molecule has 1 unspecified atom stereocenters. The van der Waals surface area contributed by atoms with Gasteiger partial charge < -0.3 is 10.6 Å². The molecule has 1 atom stereocenters. The normalized spacial score (nSPS) is 19.0. The van der Waals surface area contributed by atoms with Crippen LogP contribution in [0.4, 0.5) is 0 Å². The standard InChI is InChI=1S/C20H18Cl2N2O/c21-15-3-1-2-13(7-15)20(25)24-11-14-6-12-4-5-16(22)8-18(12)19(14)9-17(24)10-23/h1-5,7-8,17H,6,9-11,23H2. The Bertz CT molecular complexity index is 891. The Balaban J connectivity index is 1.67. The molecular weight excluding hydrogens is 355 g/mol. The molecule has 4 rings (SSSR count). The number of halogens is 2. The number of nitrogens with two attached hydrogens (primary N) is 1. The van der Waals surface area contributed by atoms with Crippen LogP contribution in [0.5, 0.6) is 0 Å². The summed E-state index contributed by atoms with van der Waals surface area (Å²) in [6.07, 6.45) is 1.64. The summed E-state index contributed by atoms with van der Waals surface area (Å²) in [5.74, 6) is -0.0153. The molecule has 1 aliphatic carbocycles. The molecule has 0 aromatic heterocycles. The van der Waals surface area contributed by atoms with E-state index in [4.69, 9.17) is 28.9 Å². The molecule has 0 fully saturated rings. The second kappa shape index (κ2) is 6.49. The lowest BCUT2D eigenvalue weighted by molar-refractivity contribution is 0.0696. The van der Waals surface area contributed by atoms with Crippen molar-refractivity contribution in [1.82, 2.24) is 4.90 Å². The first-order chi connectivity index (χ1) is 12.1. The average Bonchev–Trinajstić information content (AvgIpc) is 2.96. The molecule has 25 heavy (non-hydrogen) atoms. The number of amides is 1. The highest BCUT2D eigenvalue weighted by atomic mass is 35.5. The molecule has 1 aliphatic heterocycles. The lowest BCUT2D eigenvalue weighted by Crippen LogP contribution is -2.47. The van der Waals surface area contributed by atoms with Crippen molar-refractivity contribution >= 4 is 34.7 Å². The fourth-order valence-electron chi connectivity index (χ4n) is 3.83. The molecule has 0 saturated heterocycles. The smallest absolute Gasteiger partial charge is 0.254 e. The first-order valence-electron chi connectivity index (χ1n) is 8.33. The molecule has 1 heterocycles. The molecule has 0 saturated carbocycles. The maximum absolute atomic E-state index is 13.0. The predicted molar refractivity (Wildman–Crippen MR) is 102 cm³/mol. The molecular formula is C20H18Cl2N2O. The van der Waals surface area contributed by atoms with E-state index in [-0.39, 0.29) is 11.9 Å². The summed E-state index contributed by atoms with van der Waals surface area (Å²) in [6, 6.07) is 13.1. The number of nitrogens with zero attached hydrogens (tertiary/aromatic N) is 1. The highest BCUT2D eigenvalue weighted by molar-refractivity contribution is 6.31. The third kappa shape index (κ3) is 2.97. The highest BCUT2D eigenvalue weighted by Gasteiger charge is 2.35. The molecule has 1 amide bonds. The van der Waals surface area contributed by atoms with Gasteiger partial charge in [0, 0.05) is 34.7 Å². The zero-order valence-corrected chi connectivity index (χ0v) is 15.1. The van der Waals surface area contributed by atoms with E-state index < -0.39 is 0 Å². The second-order valence-corrected chi connectivity index (χ2v) is 7.47. The lowest BCUT2D eigenvalue weighted by Gasteiger charge is -2.36. The van der Waals surface area contributed by atoms with E-state index in [1.165, 1.54) is 22.3 Å². The van der Waals surface area contributed by atoms with Crippen LogP contribution in [-0.4, -0.2) is 29.9 Å². The van der Waals surface area contributed by atoms with Crippen molar-refractivity contribution in [3.8, 4) is 0 Å². The van der Waals surface area contributed by atoms with Gasteiger partial charge >= 0.3 is 0 Å². The van der Waals surface area contributed by atoms with E-state index in [1.54, 1.807) is 24.3 Å². The summed E-state index contributed by atoms with van der Waals surface area (Å²) < 4.78 is 0. The average molecular weight is 373 g/mol. The van der Waals surface area contributed by atoms with E-state index in [0.717, 1.165) is 17.9 Å². The summed E-state index contributed by atoms with van der Waals surface area (Å²) in [6.45, 7) is 1.04. The maximum atomic E-state index is 13.0. The minimum absolute atomic E-state index is 0.0153. The number of benzene rings is 2. The Morgan fingerprint density at radius 2 is 1.96 bits per heavy atom. The van der Waals surface area contributed by atoms with Crippen molar-refractivity contribution in [2.45, 2.75) is 18.9 Å². The molecule has 0 bridgehead atoms. The van der Waals surface area contributed by atoms with E-state index in [0.29, 0.717) is 23.7 Å². The minimum atomic E-state index is -0.0184. The second-order valence-electron chi connectivity index (χ2n) is 6.60. The van der Waals surface area contributed by atoms with Crippen molar-refractivity contribution in [3.63, 3.8) is 0 Å². The van der Waals surface area contributed by atoms with Gasteiger partial charge in [0.2, 0.25) is 0 Å². The van der Waals surface area contributed by atoms with Crippen LogP contribution in [0.15, 0.2) is 48.0 Å². The third-order valence-electron chi connectivity index (χ3n) is 5.07. The first-order valence-corrected chi connectivity index (χ1v) is 9.08. The van der Waals surface area contributed by atoms with Gasteiger partial charge in [0.25, 0.3) is 5.91 Å². The Morgan fingerprint density at radius 3 is 2.72 bits per heavy atom. The van der Waals surface area contributed by atoms with Gasteiger partial charge in [-0.2, -0.15) is 0 Å². The number of hydrogen-bond donors (Lipinski definition) is 1. The van der Waals surface area contributed by atoms with Gasteiger partial charge in [0.1, 0.15) is 0 Å². The van der Waals surface area contributed by atoms with Crippen LogP contribution < -0.4 is 5.73 Å². The quantitative estimate of drug-likeness (QED) is 0.859. The van der Waals surface area contributed by atoms with Gasteiger partial charge in [-0.15, -0.1) is 0 Å². The van der Waals surface area contributed by atoms with Gasteiger partial charge in [-0.05, 0) is 65.4 Å². The van der Waals surface area contributed by atoms with Crippen molar-refractivity contribution < 1.29 is 4.79 Å². The molecule has 128 valence electrons. The number of carbonyl (C=O) groups excluding carboxylic acids is 1. The summed E-state index contributed by atoms with van der Waals surface area (Å²) >= 11 is 12.2. The van der Waals surface area contributed by atoms with Gasteiger partial charge in [-0.1, -0.05) is 35.3 Å². The molecule has 2 N–H and O–H groups in total. The monoisotopic (exact) mass is 372 g/mol. The van der Waals surface area contributed by atoms with Crippen molar-refractivity contribution in [2.24, 2.45) is 5.73 Å². The number of carbonyl (C=O) groups is 1. The summed E-state index contributed by atoms with van der Waals surface area (Å²) in [5, 5.41) is 1.31. The van der Waals surface area contributed by atoms with E-state index in [9.17, 15) is 4.79 Å². The van der Waals surface area contributed by atoms with Crippen molar-refractivity contribution in [3.05, 3.63) is 74.8 Å². The Morgan fingerprint density at radius 1 is 1.16 bits per heavy atom. The zero-order chi connectivity index (χ0) is 17.6. The van der Waals surface area contributed by atoms with Gasteiger partial charge in [0.05, 0.1) is 0 Å². The fourth-order valence-corrected chi connectivity index (χ4v) is 4.19. The number of rotatable bonds is 2. The molecule has 2 aliphatic rings. The predicted octanol–water partition coefficient (Wildman–Crippen LogP) is 4.18. The number of hydrogen-bond acceptors (Lipinski definition) is 2. The zero-order valence-electron chi connectivity index (χ0n) is 13.6. The van der Waals surface area contributed by atoms with Crippen molar-refractivity contribution in [2.75, 3.05) is 13.1 Å². The fraction of sp³-hybridized carbons (Fsp3) is 0.250. The molecule has 3 nitrogen and oxygen atoms in total. The van der Waals surface area contributed by atoms with Gasteiger partial charge in [-0.3, -0.25) is 4.79 Å². The topological polar surface area (TPSA) is 46.3 Å². The van der Waals surface area contributed by atoms with Crippen LogP contribution in [0.3, 0.4) is 0 Å². The maximum Gasteiger partial charge on any atom is 0.254 e. The Labute approximate surface area is 157 Å². The minimum Gasteiger partial charge on any atom is -0.330 e. The molecule has 2 aromatic rings. The molecule has 0 spiro atoms. The van der Waals surface area contributed by atoms with Crippen LogP contribution in [0.25, 0.3) is 5.57 Å². The molecule has 5 heteroatoms. The highest BCUT2D eigenvalue weighted by Crippen LogP contribution is 2.41. The number of fused-ring (bicyclic) bond motifs is 2. The Kier molecular flexibility index (Phi) is 4.32.